The first-order valence-electron chi connectivity index (χ1n) is 10.6. The van der Waals surface area contributed by atoms with Gasteiger partial charge in [-0.3, -0.25) is 0 Å². The first kappa shape index (κ1) is 20.3. The van der Waals surface area contributed by atoms with Crippen molar-refractivity contribution >= 4 is 11.7 Å². The Bertz CT molecular complexity index is 1060. The predicted octanol–water partition coefficient (Wildman–Crippen LogP) is 6.04. The van der Waals surface area contributed by atoms with E-state index < -0.39 is 0 Å². The molecule has 2 heterocycles. The molecule has 2 aromatic carbocycles. The summed E-state index contributed by atoms with van der Waals surface area (Å²) in [5.74, 6) is 0. The number of carbonyl (C=O) groups is 1. The number of benzene rings is 2. The number of rotatable bonds is 2. The van der Waals surface area contributed by atoms with Crippen LogP contribution in [0.3, 0.4) is 0 Å². The van der Waals surface area contributed by atoms with Gasteiger partial charge in [-0.2, -0.15) is 0 Å². The molecule has 0 saturated carbocycles. The molecule has 1 aliphatic heterocycles. The van der Waals surface area contributed by atoms with Gasteiger partial charge in [-0.05, 0) is 59.7 Å². The fraction of sp³-hybridized carbons (Fsp3) is 0.346. The molecule has 30 heavy (non-hydrogen) atoms. The zero-order chi connectivity index (χ0) is 21.5. The Kier molecular flexibility index (Phi) is 5.19. The second-order valence-electron chi connectivity index (χ2n) is 9.27. The maximum atomic E-state index is 13.4. The third-order valence-electron chi connectivity index (χ3n) is 6.24. The highest BCUT2D eigenvalue weighted by molar-refractivity contribution is 5.91. The zero-order valence-electron chi connectivity index (χ0n) is 18.6. The molecule has 0 radical (unpaired) electrons. The van der Waals surface area contributed by atoms with E-state index in [2.05, 4.69) is 93.2 Å². The summed E-state index contributed by atoms with van der Waals surface area (Å²) in [4.78, 5) is 15.3. The fourth-order valence-electron chi connectivity index (χ4n) is 4.19. The lowest BCUT2D eigenvalue weighted by molar-refractivity contribution is 0.182. The van der Waals surface area contributed by atoms with Crippen molar-refractivity contribution in [1.29, 1.82) is 0 Å². The third kappa shape index (κ3) is 3.74. The molecule has 1 aliphatic rings. The second-order valence-corrected chi connectivity index (χ2v) is 9.27. The number of nitrogens with one attached hydrogen (secondary N) is 1. The molecular formula is C26H31N3O. The van der Waals surface area contributed by atoms with E-state index in [1.54, 1.807) is 0 Å². The summed E-state index contributed by atoms with van der Waals surface area (Å²) in [6, 6.07) is 18.8. The monoisotopic (exact) mass is 401 g/mol. The van der Waals surface area contributed by atoms with Gasteiger partial charge in [0, 0.05) is 30.7 Å². The number of aromatic nitrogens is 1. The lowest BCUT2D eigenvalue weighted by Gasteiger charge is -2.37. The Morgan fingerprint density at radius 1 is 0.967 bits per heavy atom. The summed E-state index contributed by atoms with van der Waals surface area (Å²) in [5, 5.41) is 3.16. The summed E-state index contributed by atoms with van der Waals surface area (Å²) in [6.07, 6.45) is 2.10. The average molecular weight is 402 g/mol. The highest BCUT2D eigenvalue weighted by atomic mass is 16.2. The number of hydrogen-bond acceptors (Lipinski definition) is 1. The molecule has 4 heteroatoms. The fourth-order valence-corrected chi connectivity index (χ4v) is 4.19. The molecule has 0 unspecified atom stereocenters. The number of aryl methyl sites for hydroxylation is 1. The van der Waals surface area contributed by atoms with Crippen molar-refractivity contribution in [1.82, 2.24) is 9.47 Å². The molecule has 3 aromatic rings. The normalized spacial score (nSPS) is 16.3. The van der Waals surface area contributed by atoms with E-state index in [0.717, 1.165) is 29.1 Å². The minimum absolute atomic E-state index is 0.0546. The summed E-state index contributed by atoms with van der Waals surface area (Å²) in [5.41, 5.74) is 6.85. The summed E-state index contributed by atoms with van der Waals surface area (Å²) >= 11 is 0. The van der Waals surface area contributed by atoms with Crippen molar-refractivity contribution in [2.45, 2.75) is 52.6 Å². The van der Waals surface area contributed by atoms with Crippen molar-refractivity contribution in [3.63, 3.8) is 0 Å². The van der Waals surface area contributed by atoms with E-state index in [9.17, 15) is 4.79 Å². The molecule has 0 bridgehead atoms. The van der Waals surface area contributed by atoms with E-state index >= 15 is 0 Å². The highest BCUT2D eigenvalue weighted by Crippen LogP contribution is 2.34. The Hall–Kier alpha value is -3.01. The number of carbonyl (C=O) groups excluding carboxylic acids is 1. The van der Waals surface area contributed by atoms with E-state index in [-0.39, 0.29) is 17.5 Å². The molecule has 4 rings (SSSR count). The lowest BCUT2D eigenvalue weighted by atomic mass is 9.86. The van der Waals surface area contributed by atoms with Gasteiger partial charge in [-0.25, -0.2) is 4.79 Å². The number of urea groups is 1. The van der Waals surface area contributed by atoms with Crippen LogP contribution in [0.4, 0.5) is 10.5 Å². The van der Waals surface area contributed by atoms with Gasteiger partial charge in [-0.1, -0.05) is 57.2 Å². The molecule has 0 spiro atoms. The molecule has 1 atom stereocenters. The molecule has 2 amide bonds. The molecule has 4 nitrogen and oxygen atoms in total. The van der Waals surface area contributed by atoms with E-state index in [1.165, 1.54) is 11.1 Å². The summed E-state index contributed by atoms with van der Waals surface area (Å²) < 4.78 is 2.25. The molecular weight excluding hydrogens is 370 g/mol. The van der Waals surface area contributed by atoms with Gasteiger partial charge in [0.2, 0.25) is 0 Å². The lowest BCUT2D eigenvalue weighted by Crippen LogP contribution is -2.44. The first-order valence-corrected chi connectivity index (χ1v) is 10.6. The standard InChI is InChI=1S/C26H31N3O/c1-18-8-6-9-22(19(18)2)27-25(30)29-17-16-28-15-7-10-23(28)24(29)20-11-13-21(14-12-20)26(3,4)5/h6-15,24H,16-17H2,1-5H3,(H,27,30)/t24-/m1/s1. The van der Waals surface area contributed by atoms with E-state index in [0.29, 0.717) is 6.54 Å². The summed E-state index contributed by atoms with van der Waals surface area (Å²) in [7, 11) is 0. The molecule has 0 saturated heterocycles. The number of amides is 2. The Morgan fingerprint density at radius 3 is 2.40 bits per heavy atom. The molecule has 0 aliphatic carbocycles. The van der Waals surface area contributed by atoms with Crippen molar-refractivity contribution in [2.24, 2.45) is 0 Å². The van der Waals surface area contributed by atoms with Gasteiger partial charge in [0.25, 0.3) is 0 Å². The Labute approximate surface area is 179 Å². The number of hydrogen-bond donors (Lipinski definition) is 1. The number of anilines is 1. The molecule has 0 fully saturated rings. The average Bonchev–Trinajstić information content (AvgIpc) is 3.19. The van der Waals surface area contributed by atoms with Gasteiger partial charge in [-0.15, -0.1) is 0 Å². The quantitative estimate of drug-likeness (QED) is 0.558. The minimum atomic E-state index is -0.104. The van der Waals surface area contributed by atoms with Crippen molar-refractivity contribution in [3.05, 3.63) is 88.7 Å². The zero-order valence-corrected chi connectivity index (χ0v) is 18.6. The van der Waals surface area contributed by atoms with Crippen molar-refractivity contribution in [3.8, 4) is 0 Å². The van der Waals surface area contributed by atoms with Crippen LogP contribution in [0.2, 0.25) is 0 Å². The van der Waals surface area contributed by atoms with Crippen molar-refractivity contribution in [2.75, 3.05) is 11.9 Å². The van der Waals surface area contributed by atoms with Gasteiger partial charge < -0.3 is 14.8 Å². The maximum absolute atomic E-state index is 13.4. The van der Waals surface area contributed by atoms with Crippen molar-refractivity contribution < 1.29 is 4.79 Å². The predicted molar refractivity (Wildman–Crippen MR) is 123 cm³/mol. The number of fused-ring (bicyclic) bond motifs is 1. The van der Waals surface area contributed by atoms with Crippen LogP contribution < -0.4 is 5.32 Å². The Morgan fingerprint density at radius 2 is 1.70 bits per heavy atom. The highest BCUT2D eigenvalue weighted by Gasteiger charge is 2.32. The largest absolute Gasteiger partial charge is 0.348 e. The molecule has 156 valence electrons. The van der Waals surface area contributed by atoms with E-state index in [1.807, 2.05) is 17.0 Å². The van der Waals surface area contributed by atoms with Crippen LogP contribution in [0.25, 0.3) is 0 Å². The molecule has 1 aromatic heterocycles. The minimum Gasteiger partial charge on any atom is -0.348 e. The Balaban J connectivity index is 1.68. The number of nitrogens with zero attached hydrogens (tertiary/aromatic N) is 2. The SMILES string of the molecule is Cc1cccc(NC(=O)N2CCn3cccc3[C@H]2c2ccc(C(C)(C)C)cc2)c1C. The van der Waals surface area contributed by atoms with Gasteiger partial charge >= 0.3 is 6.03 Å². The van der Waals surface area contributed by atoms with Crippen LogP contribution in [0.1, 0.15) is 54.8 Å². The molecule has 1 N–H and O–H groups in total. The van der Waals surface area contributed by atoms with Crippen LogP contribution in [0.15, 0.2) is 60.8 Å². The maximum Gasteiger partial charge on any atom is 0.322 e. The van der Waals surface area contributed by atoms with Gasteiger partial charge in [0.05, 0.1) is 6.04 Å². The summed E-state index contributed by atoms with van der Waals surface area (Å²) in [6.45, 7) is 12.3. The first-order chi connectivity index (χ1) is 14.3. The van der Waals surface area contributed by atoms with Crippen LogP contribution >= 0.6 is 0 Å². The van der Waals surface area contributed by atoms with Crippen LogP contribution in [0.5, 0.6) is 0 Å². The van der Waals surface area contributed by atoms with E-state index in [4.69, 9.17) is 0 Å². The van der Waals surface area contributed by atoms with Crippen LogP contribution in [-0.2, 0) is 12.0 Å². The van der Waals surface area contributed by atoms with Crippen LogP contribution in [0, 0.1) is 13.8 Å². The smallest absolute Gasteiger partial charge is 0.322 e. The topological polar surface area (TPSA) is 37.3 Å². The van der Waals surface area contributed by atoms with Crippen LogP contribution in [-0.4, -0.2) is 22.0 Å². The van der Waals surface area contributed by atoms with Gasteiger partial charge in [0.1, 0.15) is 0 Å². The van der Waals surface area contributed by atoms with Gasteiger partial charge in [0.15, 0.2) is 0 Å². The second kappa shape index (κ2) is 7.67. The third-order valence-corrected chi connectivity index (χ3v) is 6.24.